The quantitative estimate of drug-likeness (QED) is 0.799. The fraction of sp³-hybridized carbons (Fsp3) is 0.211. The van der Waals surface area contributed by atoms with E-state index in [2.05, 4.69) is 45.4 Å². The molecule has 1 N–H and O–H groups in total. The van der Waals surface area contributed by atoms with E-state index in [0.717, 1.165) is 26.4 Å². The zero-order valence-corrected chi connectivity index (χ0v) is 16.8. The van der Waals surface area contributed by atoms with Crippen LogP contribution < -0.4 is 15.9 Å². The summed E-state index contributed by atoms with van der Waals surface area (Å²) in [7, 11) is 0. The Morgan fingerprint density at radius 3 is 2.73 bits per heavy atom. The standard InChI is InChI=1S/C19H17BrN4OS/c1-3-26-19-22-18(25)16-14-10-13(20)8-9-15(14)21-17(24(16)23-19)12-6-4-11(2)5-7-12/h4-10,17H,3H2,1-2H3,(H,22,23,25)/t17-/m0/s1. The number of amides is 1. The molecule has 2 aromatic rings. The third-order valence-electron chi connectivity index (χ3n) is 4.23. The molecule has 2 heterocycles. The van der Waals surface area contributed by atoms with Gasteiger partial charge in [-0.05, 0) is 36.4 Å². The molecule has 7 heteroatoms. The number of halogens is 1. The number of hydrogen-bond acceptors (Lipinski definition) is 5. The average Bonchev–Trinajstić information content (AvgIpc) is 2.62. The van der Waals surface area contributed by atoms with Gasteiger partial charge >= 0.3 is 0 Å². The number of rotatable bonds is 2. The summed E-state index contributed by atoms with van der Waals surface area (Å²) in [5.74, 6) is 0.679. The zero-order chi connectivity index (χ0) is 18.3. The van der Waals surface area contributed by atoms with Crippen LogP contribution in [0.5, 0.6) is 0 Å². The smallest absolute Gasteiger partial charge is 0.276 e. The lowest BCUT2D eigenvalue weighted by Gasteiger charge is -2.34. The topological polar surface area (TPSA) is 57.1 Å². The summed E-state index contributed by atoms with van der Waals surface area (Å²) in [6.45, 7) is 4.08. The Labute approximate surface area is 164 Å². The van der Waals surface area contributed by atoms with Crippen LogP contribution in [0.4, 0.5) is 0 Å². The van der Waals surface area contributed by atoms with Gasteiger partial charge in [0.2, 0.25) is 0 Å². The van der Waals surface area contributed by atoms with E-state index in [1.54, 1.807) is 5.01 Å². The molecule has 0 unspecified atom stereocenters. The highest BCUT2D eigenvalue weighted by atomic mass is 79.9. The van der Waals surface area contributed by atoms with E-state index in [4.69, 9.17) is 4.99 Å². The highest BCUT2D eigenvalue weighted by Gasteiger charge is 2.34. The molecule has 0 saturated heterocycles. The van der Waals surface area contributed by atoms with Gasteiger partial charge in [0.05, 0.1) is 5.36 Å². The van der Waals surface area contributed by atoms with Crippen molar-refractivity contribution in [3.8, 4) is 0 Å². The number of nitrogens with one attached hydrogen (secondary N) is 1. The first-order valence-electron chi connectivity index (χ1n) is 8.33. The van der Waals surface area contributed by atoms with Gasteiger partial charge < -0.3 is 0 Å². The molecule has 0 bridgehead atoms. The summed E-state index contributed by atoms with van der Waals surface area (Å²) in [6.07, 6.45) is -0.363. The zero-order valence-electron chi connectivity index (χ0n) is 14.4. The van der Waals surface area contributed by atoms with E-state index in [9.17, 15) is 4.79 Å². The summed E-state index contributed by atoms with van der Waals surface area (Å²) < 4.78 is 0.901. The molecule has 4 rings (SSSR count). The first kappa shape index (κ1) is 17.3. The van der Waals surface area contributed by atoms with Crippen LogP contribution in [0.25, 0.3) is 5.70 Å². The maximum atomic E-state index is 12.9. The van der Waals surface area contributed by atoms with E-state index in [1.165, 1.54) is 17.3 Å². The lowest BCUT2D eigenvalue weighted by Crippen LogP contribution is -2.50. The van der Waals surface area contributed by atoms with Crippen molar-refractivity contribution >= 4 is 44.5 Å². The summed E-state index contributed by atoms with van der Waals surface area (Å²) in [5.41, 5.74) is 2.71. The lowest BCUT2D eigenvalue weighted by molar-refractivity contribution is -0.116. The number of aryl methyl sites for hydroxylation is 1. The van der Waals surface area contributed by atoms with Gasteiger partial charge in [-0.1, -0.05) is 64.4 Å². The Morgan fingerprint density at radius 2 is 2.00 bits per heavy atom. The molecule has 26 heavy (non-hydrogen) atoms. The molecule has 2 aliphatic rings. The fourth-order valence-corrected chi connectivity index (χ4v) is 3.95. The third-order valence-corrected chi connectivity index (χ3v) is 5.47. The molecule has 0 radical (unpaired) electrons. The number of amidine groups is 1. The van der Waals surface area contributed by atoms with E-state index in [1.807, 2.05) is 37.3 Å². The van der Waals surface area contributed by atoms with Crippen molar-refractivity contribution in [2.75, 3.05) is 5.75 Å². The predicted molar refractivity (Wildman–Crippen MR) is 108 cm³/mol. The number of carbonyl (C=O) groups is 1. The second kappa shape index (κ2) is 6.89. The minimum absolute atomic E-state index is 0.151. The molecule has 0 aromatic heterocycles. The van der Waals surface area contributed by atoms with Gasteiger partial charge in [0.25, 0.3) is 5.91 Å². The molecular weight excluding hydrogens is 412 g/mol. The van der Waals surface area contributed by atoms with E-state index in [0.29, 0.717) is 10.9 Å². The van der Waals surface area contributed by atoms with Crippen LogP contribution in [0.3, 0.4) is 0 Å². The van der Waals surface area contributed by atoms with Crippen LogP contribution in [0.2, 0.25) is 0 Å². The summed E-state index contributed by atoms with van der Waals surface area (Å²) in [5, 5.41) is 11.5. The minimum Gasteiger partial charge on any atom is -0.298 e. The van der Waals surface area contributed by atoms with Gasteiger partial charge in [0.15, 0.2) is 11.3 Å². The van der Waals surface area contributed by atoms with Crippen molar-refractivity contribution < 1.29 is 4.79 Å². The Morgan fingerprint density at radius 1 is 1.23 bits per heavy atom. The van der Waals surface area contributed by atoms with Crippen molar-refractivity contribution in [3.05, 3.63) is 68.6 Å². The average molecular weight is 429 g/mol. The number of hydrazone groups is 1. The van der Waals surface area contributed by atoms with Gasteiger partial charge in [0.1, 0.15) is 5.70 Å². The lowest BCUT2D eigenvalue weighted by atomic mass is 10.1. The molecule has 0 saturated carbocycles. The Balaban J connectivity index is 1.96. The van der Waals surface area contributed by atoms with Gasteiger partial charge in [-0.25, -0.2) is 5.01 Å². The molecule has 0 spiro atoms. The Bertz CT molecular complexity index is 1030. The molecular formula is C19H17BrN4OS. The predicted octanol–water partition coefficient (Wildman–Crippen LogP) is 2.65. The van der Waals surface area contributed by atoms with E-state index < -0.39 is 0 Å². The van der Waals surface area contributed by atoms with Crippen LogP contribution in [0.1, 0.15) is 24.2 Å². The molecule has 1 amide bonds. The highest BCUT2D eigenvalue weighted by Crippen LogP contribution is 2.30. The molecule has 2 aliphatic heterocycles. The molecule has 0 aliphatic carbocycles. The highest BCUT2D eigenvalue weighted by molar-refractivity contribution is 9.10. The Kier molecular flexibility index (Phi) is 4.58. The van der Waals surface area contributed by atoms with Gasteiger partial charge in [-0.2, -0.15) is 0 Å². The minimum atomic E-state index is -0.363. The number of nitrogens with zero attached hydrogens (tertiary/aromatic N) is 3. The number of thioether (sulfide) groups is 1. The van der Waals surface area contributed by atoms with Gasteiger partial charge in [-0.3, -0.25) is 15.1 Å². The third kappa shape index (κ3) is 3.05. The first-order valence-corrected chi connectivity index (χ1v) is 10.1. The van der Waals surface area contributed by atoms with Crippen molar-refractivity contribution in [1.29, 1.82) is 0 Å². The van der Waals surface area contributed by atoms with Gasteiger partial charge in [-0.15, -0.1) is 5.10 Å². The molecule has 132 valence electrons. The Hall–Kier alpha value is -2.12. The number of hydrogen-bond donors (Lipinski definition) is 1. The second-order valence-electron chi connectivity index (χ2n) is 6.06. The van der Waals surface area contributed by atoms with E-state index in [-0.39, 0.29) is 12.1 Å². The molecule has 2 aromatic carbocycles. The summed E-state index contributed by atoms with van der Waals surface area (Å²) in [6, 6.07) is 14.0. The fourth-order valence-electron chi connectivity index (χ4n) is 3.01. The van der Waals surface area contributed by atoms with Crippen molar-refractivity contribution in [3.63, 3.8) is 0 Å². The maximum Gasteiger partial charge on any atom is 0.276 e. The monoisotopic (exact) mass is 428 g/mol. The maximum absolute atomic E-state index is 12.9. The van der Waals surface area contributed by atoms with Gasteiger partial charge in [0, 0.05) is 9.69 Å². The number of benzene rings is 2. The van der Waals surface area contributed by atoms with Crippen molar-refractivity contribution in [1.82, 2.24) is 10.3 Å². The van der Waals surface area contributed by atoms with Crippen LogP contribution in [0, 0.1) is 6.92 Å². The molecule has 1 atom stereocenters. The second-order valence-corrected chi connectivity index (χ2v) is 8.23. The summed E-state index contributed by atoms with van der Waals surface area (Å²) in [4.78, 5) is 17.8. The first-order chi connectivity index (χ1) is 12.6. The van der Waals surface area contributed by atoms with Crippen LogP contribution in [-0.2, 0) is 4.79 Å². The SMILES string of the molecule is CCSC1=NN2C(=c3cc(Br)ccc3=N[C@@H]2c2ccc(C)cc2)C(=O)N1. The molecule has 5 nitrogen and oxygen atoms in total. The van der Waals surface area contributed by atoms with Crippen molar-refractivity contribution in [2.45, 2.75) is 20.0 Å². The summed E-state index contributed by atoms with van der Waals surface area (Å²) >= 11 is 4.99. The van der Waals surface area contributed by atoms with Crippen LogP contribution in [0.15, 0.2) is 57.0 Å². The number of fused-ring (bicyclic) bond motifs is 2. The molecule has 0 fully saturated rings. The van der Waals surface area contributed by atoms with Crippen molar-refractivity contribution in [2.24, 2.45) is 10.1 Å². The van der Waals surface area contributed by atoms with Crippen LogP contribution >= 0.6 is 27.7 Å². The normalized spacial score (nSPS) is 18.5. The number of carbonyl (C=O) groups excluding carboxylic acids is 1. The van der Waals surface area contributed by atoms with Crippen LogP contribution in [-0.4, -0.2) is 21.8 Å². The van der Waals surface area contributed by atoms with E-state index >= 15 is 0 Å². The largest absolute Gasteiger partial charge is 0.298 e.